The number of amides is 2. The van der Waals surface area contributed by atoms with E-state index in [1.54, 1.807) is 6.07 Å². The zero-order valence-electron chi connectivity index (χ0n) is 19.7. The summed E-state index contributed by atoms with van der Waals surface area (Å²) in [4.78, 5) is 32.7. The second-order valence-electron chi connectivity index (χ2n) is 9.33. The Balaban J connectivity index is 1.19. The lowest BCUT2D eigenvalue weighted by atomic mass is 9.94. The van der Waals surface area contributed by atoms with Crippen LogP contribution >= 0.6 is 11.6 Å². The van der Waals surface area contributed by atoms with Gasteiger partial charge in [-0.2, -0.15) is 0 Å². The van der Waals surface area contributed by atoms with E-state index in [4.69, 9.17) is 16.3 Å². The number of guanidine groups is 1. The molecule has 2 N–H and O–H groups in total. The number of hydrogen-bond donors (Lipinski definition) is 2. The third kappa shape index (κ3) is 6.02. The van der Waals surface area contributed by atoms with Gasteiger partial charge in [-0.3, -0.25) is 14.9 Å². The zero-order valence-corrected chi connectivity index (χ0v) is 20.5. The first kappa shape index (κ1) is 24.8. The monoisotopic (exact) mass is 490 g/mol. The molecule has 8 nitrogen and oxygen atoms in total. The molecule has 1 aromatic rings. The van der Waals surface area contributed by atoms with Gasteiger partial charge in [-0.05, 0) is 37.8 Å². The molecule has 3 aliphatic rings. The molecule has 9 heteroatoms. The van der Waals surface area contributed by atoms with Crippen LogP contribution in [-0.2, 0) is 16.1 Å². The van der Waals surface area contributed by atoms with E-state index in [1.807, 2.05) is 15.9 Å². The normalized spacial score (nSPS) is 17.6. The second-order valence-corrected chi connectivity index (χ2v) is 9.74. The van der Waals surface area contributed by atoms with E-state index < -0.39 is 0 Å². The molecule has 0 bridgehead atoms. The van der Waals surface area contributed by atoms with Gasteiger partial charge in [-0.25, -0.2) is 4.99 Å². The van der Waals surface area contributed by atoms with Gasteiger partial charge in [0.2, 0.25) is 17.8 Å². The summed E-state index contributed by atoms with van der Waals surface area (Å²) in [5.74, 6) is 1.34. The number of aliphatic hydroxyl groups is 1. The van der Waals surface area contributed by atoms with Crippen LogP contribution in [-0.4, -0.2) is 65.0 Å². The quantitative estimate of drug-likeness (QED) is 0.460. The number of ether oxygens (including phenoxy) is 1. The number of hydrogen-bond acceptors (Lipinski definition) is 6. The fourth-order valence-corrected chi connectivity index (χ4v) is 5.32. The molecule has 1 saturated heterocycles. The first-order valence-electron chi connectivity index (χ1n) is 12.5. The van der Waals surface area contributed by atoms with Crippen molar-refractivity contribution in [3.8, 4) is 5.75 Å². The van der Waals surface area contributed by atoms with Crippen molar-refractivity contribution in [2.45, 2.75) is 76.8 Å². The number of aliphatic hydroxyl groups excluding tert-OH is 1. The highest BCUT2D eigenvalue weighted by molar-refractivity contribution is 6.32. The second kappa shape index (κ2) is 11.9. The van der Waals surface area contributed by atoms with Gasteiger partial charge in [-0.15, -0.1) is 0 Å². The lowest BCUT2D eigenvalue weighted by Gasteiger charge is -2.34. The fourth-order valence-electron chi connectivity index (χ4n) is 5.09. The molecule has 0 spiro atoms. The molecule has 0 atom stereocenters. The maximum absolute atomic E-state index is 12.7. The van der Waals surface area contributed by atoms with Crippen LogP contribution < -0.4 is 10.1 Å². The molecule has 2 heterocycles. The molecule has 34 heavy (non-hydrogen) atoms. The molecule has 0 aromatic heterocycles. The molecule has 186 valence electrons. The summed E-state index contributed by atoms with van der Waals surface area (Å²) in [5.41, 5.74) is 1.68. The van der Waals surface area contributed by atoms with E-state index in [0.717, 1.165) is 49.8 Å². The van der Waals surface area contributed by atoms with Crippen LogP contribution in [0.1, 0.15) is 69.8 Å². The minimum absolute atomic E-state index is 0.0303. The van der Waals surface area contributed by atoms with Crippen molar-refractivity contribution in [3.05, 3.63) is 22.7 Å². The third-order valence-electron chi connectivity index (χ3n) is 6.86. The highest BCUT2D eigenvalue weighted by Gasteiger charge is 2.31. The SMILES string of the molecule is O=C1CN2Cc3c(ccc(Cl)c3OCCCCCCC(=O)N(CCO)C3CCCCC3)N=C2N1. The van der Waals surface area contributed by atoms with Crippen LogP contribution in [0.25, 0.3) is 0 Å². The molecule has 0 unspecified atom stereocenters. The van der Waals surface area contributed by atoms with Crippen LogP contribution in [0.5, 0.6) is 5.75 Å². The number of rotatable bonds is 11. The van der Waals surface area contributed by atoms with Gasteiger partial charge in [0.15, 0.2) is 0 Å². The number of aliphatic imine (C=N–C) groups is 1. The summed E-state index contributed by atoms with van der Waals surface area (Å²) in [6, 6.07) is 3.93. The molecule has 4 rings (SSSR count). The fraction of sp³-hybridized carbons (Fsp3) is 0.640. The van der Waals surface area contributed by atoms with Gasteiger partial charge in [0, 0.05) is 24.6 Å². The molecule has 0 radical (unpaired) electrons. The van der Waals surface area contributed by atoms with Gasteiger partial charge in [0.1, 0.15) is 12.3 Å². The molecule has 1 saturated carbocycles. The molecule has 1 aliphatic carbocycles. The molecule has 2 amide bonds. The standard InChI is InChI=1S/C25H35ClN4O4/c26-20-11-12-21-19(16-29-17-22(32)28-25(29)27-21)24(20)34-15-7-2-1-6-10-23(33)30(13-14-31)18-8-4-3-5-9-18/h11-12,18,31H,1-10,13-17H2,(H,27,28,32). The van der Waals surface area contributed by atoms with Crippen molar-refractivity contribution in [2.75, 3.05) is 26.3 Å². The number of nitrogens with one attached hydrogen (secondary N) is 1. The first-order valence-corrected chi connectivity index (χ1v) is 12.9. The number of carbonyl (C=O) groups is 2. The van der Waals surface area contributed by atoms with E-state index >= 15 is 0 Å². The van der Waals surface area contributed by atoms with Gasteiger partial charge >= 0.3 is 0 Å². The van der Waals surface area contributed by atoms with E-state index in [9.17, 15) is 14.7 Å². The summed E-state index contributed by atoms with van der Waals surface area (Å²) < 4.78 is 6.05. The minimum atomic E-state index is -0.0585. The Morgan fingerprint density at radius 3 is 2.76 bits per heavy atom. The summed E-state index contributed by atoms with van der Waals surface area (Å²) in [6.45, 7) is 1.85. The topological polar surface area (TPSA) is 94.5 Å². The average Bonchev–Trinajstić information content (AvgIpc) is 3.21. The van der Waals surface area contributed by atoms with Crippen molar-refractivity contribution in [1.82, 2.24) is 15.1 Å². The van der Waals surface area contributed by atoms with Crippen LogP contribution in [0.3, 0.4) is 0 Å². The Bertz CT molecular complexity index is 916. The summed E-state index contributed by atoms with van der Waals surface area (Å²) in [5, 5.41) is 12.7. The summed E-state index contributed by atoms with van der Waals surface area (Å²) in [7, 11) is 0. The van der Waals surface area contributed by atoms with Crippen LogP contribution in [0.4, 0.5) is 5.69 Å². The molecule has 2 aliphatic heterocycles. The molecule has 2 fully saturated rings. The largest absolute Gasteiger partial charge is 0.492 e. The first-order chi connectivity index (χ1) is 16.6. The van der Waals surface area contributed by atoms with Crippen LogP contribution in [0.2, 0.25) is 5.02 Å². The van der Waals surface area contributed by atoms with Crippen LogP contribution in [0, 0.1) is 0 Å². The van der Waals surface area contributed by atoms with E-state index in [-0.39, 0.29) is 18.4 Å². The van der Waals surface area contributed by atoms with Gasteiger partial charge < -0.3 is 19.6 Å². The van der Waals surface area contributed by atoms with Crippen molar-refractivity contribution in [3.63, 3.8) is 0 Å². The highest BCUT2D eigenvalue weighted by atomic mass is 35.5. The number of halogens is 1. The Kier molecular flexibility index (Phi) is 8.67. The van der Waals surface area contributed by atoms with E-state index in [2.05, 4.69) is 10.3 Å². The highest BCUT2D eigenvalue weighted by Crippen LogP contribution is 2.39. The lowest BCUT2D eigenvalue weighted by Crippen LogP contribution is -2.43. The number of unbranched alkanes of at least 4 members (excludes halogenated alkanes) is 3. The molecule has 1 aromatic carbocycles. The third-order valence-corrected chi connectivity index (χ3v) is 7.15. The number of fused-ring (bicyclic) bond motifs is 2. The zero-order chi connectivity index (χ0) is 23.9. The maximum atomic E-state index is 12.7. The van der Waals surface area contributed by atoms with Gasteiger partial charge in [-0.1, -0.05) is 43.7 Å². The van der Waals surface area contributed by atoms with E-state index in [0.29, 0.717) is 55.4 Å². The number of benzene rings is 1. The van der Waals surface area contributed by atoms with Crippen molar-refractivity contribution < 1.29 is 19.4 Å². The van der Waals surface area contributed by atoms with Crippen LogP contribution in [0.15, 0.2) is 17.1 Å². The Labute approximate surface area is 206 Å². The van der Waals surface area contributed by atoms with Crippen molar-refractivity contribution >= 4 is 35.1 Å². The van der Waals surface area contributed by atoms with Gasteiger partial charge in [0.25, 0.3) is 0 Å². The van der Waals surface area contributed by atoms with Gasteiger partial charge in [0.05, 0.1) is 30.5 Å². The Hall–Kier alpha value is -2.32. The predicted octanol–water partition coefficient (Wildman–Crippen LogP) is 3.76. The molecular formula is C25H35ClN4O4. The Morgan fingerprint density at radius 2 is 1.97 bits per heavy atom. The smallest absolute Gasteiger partial charge is 0.246 e. The lowest BCUT2D eigenvalue weighted by molar-refractivity contribution is -0.135. The number of nitrogens with zero attached hydrogens (tertiary/aromatic N) is 3. The van der Waals surface area contributed by atoms with E-state index in [1.165, 1.54) is 19.3 Å². The average molecular weight is 491 g/mol. The molecular weight excluding hydrogens is 456 g/mol. The summed E-state index contributed by atoms with van der Waals surface area (Å²) >= 11 is 6.41. The Morgan fingerprint density at radius 1 is 1.18 bits per heavy atom. The minimum Gasteiger partial charge on any atom is -0.492 e. The van der Waals surface area contributed by atoms with Crippen molar-refractivity contribution in [1.29, 1.82) is 0 Å². The summed E-state index contributed by atoms with van der Waals surface area (Å²) in [6.07, 6.45) is 9.91. The van der Waals surface area contributed by atoms with Crippen molar-refractivity contribution in [2.24, 2.45) is 4.99 Å². The maximum Gasteiger partial charge on any atom is 0.246 e. The number of carbonyl (C=O) groups excluding carboxylic acids is 2. The predicted molar refractivity (Wildman–Crippen MR) is 131 cm³/mol.